The predicted molar refractivity (Wildman–Crippen MR) is 159 cm³/mol. The van der Waals surface area contributed by atoms with Gasteiger partial charge in [0.1, 0.15) is 0 Å². The van der Waals surface area contributed by atoms with E-state index in [9.17, 15) is 9.59 Å². The molecular weight excluding hydrogens is 496 g/mol. The molecular formula is C34H32N4O2. The lowest BCUT2D eigenvalue weighted by atomic mass is 9.99. The van der Waals surface area contributed by atoms with Gasteiger partial charge in [0.05, 0.1) is 18.2 Å². The largest absolute Gasteiger partial charge is 0.358 e. The third-order valence-corrected chi connectivity index (χ3v) is 7.17. The van der Waals surface area contributed by atoms with Crippen molar-refractivity contribution >= 4 is 28.9 Å². The van der Waals surface area contributed by atoms with Gasteiger partial charge in [-0.2, -0.15) is 5.26 Å². The fourth-order valence-electron chi connectivity index (χ4n) is 5.11. The number of aryl methyl sites for hydroxylation is 2. The average molecular weight is 529 g/mol. The summed E-state index contributed by atoms with van der Waals surface area (Å²) in [6.45, 7) is 1.50. The fourth-order valence-corrected chi connectivity index (χ4v) is 5.11. The Morgan fingerprint density at radius 2 is 1.60 bits per heavy atom. The molecule has 0 fully saturated rings. The molecule has 1 aliphatic heterocycles. The Kier molecular flexibility index (Phi) is 8.53. The molecule has 5 rings (SSSR count). The quantitative estimate of drug-likeness (QED) is 0.284. The second kappa shape index (κ2) is 12.8. The summed E-state index contributed by atoms with van der Waals surface area (Å²) in [4.78, 5) is 30.2. The van der Waals surface area contributed by atoms with Crippen molar-refractivity contribution in [2.24, 2.45) is 0 Å². The first-order valence-corrected chi connectivity index (χ1v) is 13.6. The van der Waals surface area contributed by atoms with Crippen LogP contribution in [0.4, 0.5) is 17.1 Å². The summed E-state index contributed by atoms with van der Waals surface area (Å²) in [6, 6.07) is 35.3. The van der Waals surface area contributed by atoms with Gasteiger partial charge in [0.2, 0.25) is 11.8 Å². The van der Waals surface area contributed by atoms with Crippen molar-refractivity contribution in [3.8, 4) is 6.07 Å². The normalized spacial score (nSPS) is 12.2. The Morgan fingerprint density at radius 1 is 0.875 bits per heavy atom. The second-order valence-electron chi connectivity index (χ2n) is 10.0. The van der Waals surface area contributed by atoms with E-state index in [4.69, 9.17) is 5.26 Å². The second-order valence-corrected chi connectivity index (χ2v) is 10.0. The van der Waals surface area contributed by atoms with E-state index in [1.807, 2.05) is 77.7 Å². The molecule has 200 valence electrons. The van der Waals surface area contributed by atoms with Crippen molar-refractivity contribution in [2.45, 2.75) is 32.2 Å². The molecule has 6 nitrogen and oxygen atoms in total. The fraction of sp³-hybridized carbons (Fsp3) is 0.206. The molecule has 2 amide bonds. The number of hydrogen-bond acceptors (Lipinski definition) is 4. The molecule has 4 aromatic rings. The number of rotatable bonds is 9. The van der Waals surface area contributed by atoms with Crippen molar-refractivity contribution < 1.29 is 9.59 Å². The highest BCUT2D eigenvalue weighted by molar-refractivity contribution is 5.96. The van der Waals surface area contributed by atoms with Crippen LogP contribution in [0, 0.1) is 11.3 Å². The van der Waals surface area contributed by atoms with Gasteiger partial charge in [-0.25, -0.2) is 0 Å². The molecule has 0 saturated heterocycles. The highest BCUT2D eigenvalue weighted by Gasteiger charge is 2.24. The van der Waals surface area contributed by atoms with Crippen molar-refractivity contribution in [3.63, 3.8) is 0 Å². The zero-order valence-electron chi connectivity index (χ0n) is 22.4. The predicted octanol–water partition coefficient (Wildman–Crippen LogP) is 6.12. The van der Waals surface area contributed by atoms with Crippen LogP contribution in [0.1, 0.15) is 35.1 Å². The van der Waals surface area contributed by atoms with Crippen LogP contribution in [-0.4, -0.2) is 24.9 Å². The van der Waals surface area contributed by atoms with E-state index in [-0.39, 0.29) is 18.4 Å². The number of para-hydroxylation sites is 1. The SMILES string of the molecule is N#Cc1ccc(CCC(=O)N2CCCc3cc(N(CC(=O)Nc4ccccc4)Cc4ccccc4)ccc32)cc1. The van der Waals surface area contributed by atoms with Crippen LogP contribution in [0.3, 0.4) is 0 Å². The first-order chi connectivity index (χ1) is 19.6. The maximum atomic E-state index is 13.2. The minimum absolute atomic E-state index is 0.0838. The maximum Gasteiger partial charge on any atom is 0.243 e. The molecule has 4 aromatic carbocycles. The molecule has 6 heteroatoms. The zero-order valence-corrected chi connectivity index (χ0v) is 22.4. The smallest absolute Gasteiger partial charge is 0.243 e. The molecule has 1 N–H and O–H groups in total. The minimum Gasteiger partial charge on any atom is -0.358 e. The number of fused-ring (bicyclic) bond motifs is 1. The van der Waals surface area contributed by atoms with Crippen molar-refractivity contribution in [1.82, 2.24) is 0 Å². The number of carbonyl (C=O) groups excluding carboxylic acids is 2. The molecule has 0 spiro atoms. The van der Waals surface area contributed by atoms with E-state index in [2.05, 4.69) is 34.5 Å². The molecule has 0 aromatic heterocycles. The number of nitrogens with one attached hydrogen (secondary N) is 1. The van der Waals surface area contributed by atoms with E-state index in [1.54, 1.807) is 12.1 Å². The number of nitrogens with zero attached hydrogens (tertiary/aromatic N) is 3. The summed E-state index contributed by atoms with van der Waals surface area (Å²) in [7, 11) is 0. The van der Waals surface area contributed by atoms with Crippen molar-refractivity contribution in [2.75, 3.05) is 28.2 Å². The maximum absolute atomic E-state index is 13.2. The van der Waals surface area contributed by atoms with Gasteiger partial charge in [-0.15, -0.1) is 0 Å². The molecule has 0 unspecified atom stereocenters. The van der Waals surface area contributed by atoms with Crippen LogP contribution >= 0.6 is 0 Å². The van der Waals surface area contributed by atoms with Gasteiger partial charge < -0.3 is 15.1 Å². The molecule has 0 bridgehead atoms. The van der Waals surface area contributed by atoms with E-state index >= 15 is 0 Å². The standard InChI is InChI=1S/C34H32N4O2/c35-23-27-15-13-26(14-16-27)17-20-34(40)38-21-7-10-29-22-31(18-19-32(29)38)37(24-28-8-3-1-4-9-28)25-33(39)36-30-11-5-2-6-12-30/h1-6,8-9,11-16,18-19,22H,7,10,17,20-21,24-25H2,(H,36,39). The number of hydrogen-bond donors (Lipinski definition) is 1. The summed E-state index contributed by atoms with van der Waals surface area (Å²) in [6.07, 6.45) is 2.83. The summed E-state index contributed by atoms with van der Waals surface area (Å²) in [5, 5.41) is 12.0. The Labute approximate surface area is 235 Å². The van der Waals surface area contributed by atoms with Gasteiger partial charge in [0, 0.05) is 36.6 Å². The van der Waals surface area contributed by atoms with Gasteiger partial charge in [0.25, 0.3) is 0 Å². The third kappa shape index (κ3) is 6.75. The minimum atomic E-state index is -0.0838. The lowest BCUT2D eigenvalue weighted by Gasteiger charge is -2.32. The topological polar surface area (TPSA) is 76.4 Å². The van der Waals surface area contributed by atoms with Crippen LogP contribution < -0.4 is 15.1 Å². The van der Waals surface area contributed by atoms with E-state index in [0.717, 1.165) is 46.6 Å². The molecule has 40 heavy (non-hydrogen) atoms. The summed E-state index contributed by atoms with van der Waals surface area (Å²) in [5.41, 5.74) is 6.59. The average Bonchev–Trinajstić information content (AvgIpc) is 3.00. The number of benzene rings is 4. The molecule has 0 aliphatic carbocycles. The number of amides is 2. The zero-order chi connectivity index (χ0) is 27.7. The molecule has 0 saturated carbocycles. The Bertz CT molecular complexity index is 1490. The highest BCUT2D eigenvalue weighted by atomic mass is 16.2. The van der Waals surface area contributed by atoms with Gasteiger partial charge >= 0.3 is 0 Å². The molecule has 1 aliphatic rings. The summed E-state index contributed by atoms with van der Waals surface area (Å²) in [5.74, 6) is 0.0147. The number of nitriles is 1. The summed E-state index contributed by atoms with van der Waals surface area (Å²) < 4.78 is 0. The van der Waals surface area contributed by atoms with Crippen LogP contribution in [0.25, 0.3) is 0 Å². The lowest BCUT2D eigenvalue weighted by Crippen LogP contribution is -2.36. The molecule has 0 radical (unpaired) electrons. The first kappa shape index (κ1) is 26.7. The number of anilines is 3. The van der Waals surface area contributed by atoms with Gasteiger partial charge in [-0.1, -0.05) is 60.7 Å². The van der Waals surface area contributed by atoms with Crippen LogP contribution in [0.5, 0.6) is 0 Å². The van der Waals surface area contributed by atoms with Crippen LogP contribution in [-0.2, 0) is 29.0 Å². The monoisotopic (exact) mass is 528 g/mol. The summed E-state index contributed by atoms with van der Waals surface area (Å²) >= 11 is 0. The van der Waals surface area contributed by atoms with E-state index in [0.29, 0.717) is 31.5 Å². The Hall–Kier alpha value is -4.89. The molecule has 1 heterocycles. The van der Waals surface area contributed by atoms with E-state index < -0.39 is 0 Å². The number of carbonyl (C=O) groups is 2. The van der Waals surface area contributed by atoms with Gasteiger partial charge in [-0.3, -0.25) is 9.59 Å². The highest BCUT2D eigenvalue weighted by Crippen LogP contribution is 2.32. The van der Waals surface area contributed by atoms with Crippen molar-refractivity contribution in [1.29, 1.82) is 5.26 Å². The molecule has 0 atom stereocenters. The van der Waals surface area contributed by atoms with Crippen molar-refractivity contribution in [3.05, 3.63) is 125 Å². The Morgan fingerprint density at radius 3 is 2.33 bits per heavy atom. The Balaban J connectivity index is 1.32. The van der Waals surface area contributed by atoms with Crippen LogP contribution in [0.15, 0.2) is 103 Å². The van der Waals surface area contributed by atoms with Crippen LogP contribution in [0.2, 0.25) is 0 Å². The first-order valence-electron chi connectivity index (χ1n) is 13.6. The van der Waals surface area contributed by atoms with E-state index in [1.165, 1.54) is 0 Å². The lowest BCUT2D eigenvalue weighted by molar-refractivity contribution is -0.118. The van der Waals surface area contributed by atoms with Gasteiger partial charge in [-0.05, 0) is 78.4 Å². The van der Waals surface area contributed by atoms with Gasteiger partial charge in [0.15, 0.2) is 0 Å². The third-order valence-electron chi connectivity index (χ3n) is 7.17.